The van der Waals surface area contributed by atoms with Gasteiger partial charge in [0.05, 0.1) is 99.1 Å². The first kappa shape index (κ1) is 33.6. The van der Waals surface area contributed by atoms with E-state index in [2.05, 4.69) is 39.9 Å². The maximum Gasteiger partial charge on any atom is 0.0701 e. The van der Waals surface area contributed by atoms with Gasteiger partial charge in [0, 0.05) is 18.7 Å². The van der Waals surface area contributed by atoms with Crippen LogP contribution in [0.15, 0.2) is 0 Å². The molecule has 0 fully saturated rings. The van der Waals surface area contributed by atoms with Crippen molar-refractivity contribution in [2.24, 2.45) is 5.92 Å². The van der Waals surface area contributed by atoms with Crippen molar-refractivity contribution in [3.8, 4) is 0 Å². The Morgan fingerprint density at radius 2 is 0.706 bits per heavy atom. The molecule has 0 amide bonds. The molecule has 0 atom stereocenters. The second-order valence-corrected chi connectivity index (χ2v) is 9.26. The Bertz CT molecular complexity index is 394. The standard InChI is InChI=1S/C25H53NO8/c1-24(2)6-8-27-10-12-29-14-16-31-18-20-33-22-23-34-21-19-32-17-15-30-13-11-28-9-7-26-25(3,4)5/h24,26H,6-23H2,1-5H3. The number of nitrogens with one attached hydrogen (secondary N) is 1. The highest BCUT2D eigenvalue weighted by atomic mass is 16.6. The van der Waals surface area contributed by atoms with Gasteiger partial charge in [0.15, 0.2) is 0 Å². The Morgan fingerprint density at radius 1 is 0.441 bits per heavy atom. The smallest absolute Gasteiger partial charge is 0.0701 e. The molecule has 0 aliphatic rings. The minimum absolute atomic E-state index is 0.127. The average molecular weight is 496 g/mol. The summed E-state index contributed by atoms with van der Waals surface area (Å²) in [6.45, 7) is 21.1. The zero-order valence-corrected chi connectivity index (χ0v) is 22.6. The van der Waals surface area contributed by atoms with Crippen LogP contribution < -0.4 is 5.32 Å². The predicted molar refractivity (Wildman–Crippen MR) is 134 cm³/mol. The average Bonchev–Trinajstić information content (AvgIpc) is 2.77. The van der Waals surface area contributed by atoms with Crippen LogP contribution in [0.4, 0.5) is 0 Å². The van der Waals surface area contributed by atoms with Gasteiger partial charge in [0.25, 0.3) is 0 Å². The molecule has 9 nitrogen and oxygen atoms in total. The lowest BCUT2D eigenvalue weighted by molar-refractivity contribution is -0.0232. The van der Waals surface area contributed by atoms with E-state index in [1.54, 1.807) is 0 Å². The van der Waals surface area contributed by atoms with Crippen molar-refractivity contribution in [3.05, 3.63) is 0 Å². The largest absolute Gasteiger partial charge is 0.379 e. The number of rotatable bonds is 27. The molecule has 1 N–H and O–H groups in total. The summed E-state index contributed by atoms with van der Waals surface area (Å²) in [4.78, 5) is 0. The van der Waals surface area contributed by atoms with Gasteiger partial charge in [-0.1, -0.05) is 13.8 Å². The fourth-order valence-electron chi connectivity index (χ4n) is 2.46. The number of hydrogen-bond acceptors (Lipinski definition) is 9. The Labute approximate surface area is 208 Å². The topological polar surface area (TPSA) is 85.9 Å². The zero-order chi connectivity index (χ0) is 25.2. The summed E-state index contributed by atoms with van der Waals surface area (Å²) >= 11 is 0. The van der Waals surface area contributed by atoms with Gasteiger partial charge in [-0.3, -0.25) is 0 Å². The molecule has 0 aliphatic heterocycles. The van der Waals surface area contributed by atoms with Crippen LogP contribution in [0.1, 0.15) is 41.0 Å². The molecular weight excluding hydrogens is 442 g/mol. The third-order valence-electron chi connectivity index (χ3n) is 4.35. The van der Waals surface area contributed by atoms with E-state index >= 15 is 0 Å². The van der Waals surface area contributed by atoms with Gasteiger partial charge in [-0.25, -0.2) is 0 Å². The molecule has 0 bridgehead atoms. The lowest BCUT2D eigenvalue weighted by Gasteiger charge is -2.20. The molecule has 9 heteroatoms. The van der Waals surface area contributed by atoms with E-state index in [-0.39, 0.29) is 5.54 Å². The summed E-state index contributed by atoms with van der Waals surface area (Å²) in [5.74, 6) is 0.677. The van der Waals surface area contributed by atoms with Gasteiger partial charge in [0.1, 0.15) is 0 Å². The van der Waals surface area contributed by atoms with Crippen molar-refractivity contribution in [2.75, 3.05) is 112 Å². The quantitative estimate of drug-likeness (QED) is 0.173. The molecule has 0 spiro atoms. The van der Waals surface area contributed by atoms with E-state index in [1.807, 2.05) is 0 Å². The summed E-state index contributed by atoms with van der Waals surface area (Å²) in [5.41, 5.74) is 0.127. The molecular formula is C25H53NO8. The van der Waals surface area contributed by atoms with Crippen LogP contribution >= 0.6 is 0 Å². The monoisotopic (exact) mass is 495 g/mol. The first-order valence-corrected chi connectivity index (χ1v) is 12.8. The molecule has 0 aromatic heterocycles. The molecule has 0 aromatic rings. The van der Waals surface area contributed by atoms with E-state index in [9.17, 15) is 0 Å². The van der Waals surface area contributed by atoms with Crippen LogP contribution in [0.3, 0.4) is 0 Å². The first-order valence-electron chi connectivity index (χ1n) is 12.8. The second-order valence-electron chi connectivity index (χ2n) is 9.26. The fraction of sp³-hybridized carbons (Fsp3) is 1.00. The summed E-state index contributed by atoms with van der Waals surface area (Å²) in [5, 5.41) is 3.37. The Kier molecular flexibility index (Phi) is 25.5. The Morgan fingerprint density at radius 3 is 0.971 bits per heavy atom. The van der Waals surface area contributed by atoms with Gasteiger partial charge in [-0.15, -0.1) is 0 Å². The summed E-state index contributed by atoms with van der Waals surface area (Å²) < 4.78 is 43.7. The van der Waals surface area contributed by atoms with Crippen LogP contribution in [0.25, 0.3) is 0 Å². The van der Waals surface area contributed by atoms with E-state index < -0.39 is 0 Å². The van der Waals surface area contributed by atoms with E-state index in [1.165, 1.54) is 0 Å². The minimum atomic E-state index is 0.127. The van der Waals surface area contributed by atoms with Crippen molar-refractivity contribution in [3.63, 3.8) is 0 Å². The van der Waals surface area contributed by atoms with Gasteiger partial charge in [0.2, 0.25) is 0 Å². The molecule has 0 aliphatic carbocycles. The summed E-state index contributed by atoms with van der Waals surface area (Å²) in [6, 6.07) is 0. The molecule has 0 saturated carbocycles. The molecule has 0 saturated heterocycles. The maximum absolute atomic E-state index is 5.50. The molecule has 0 heterocycles. The normalized spacial score (nSPS) is 12.2. The molecule has 0 rings (SSSR count). The first-order chi connectivity index (χ1) is 16.4. The van der Waals surface area contributed by atoms with Gasteiger partial charge >= 0.3 is 0 Å². The Balaban J connectivity index is 3.04. The van der Waals surface area contributed by atoms with Gasteiger partial charge < -0.3 is 43.2 Å². The van der Waals surface area contributed by atoms with Crippen molar-refractivity contribution < 1.29 is 37.9 Å². The number of hydrogen-bond donors (Lipinski definition) is 1. The molecule has 0 unspecified atom stereocenters. The van der Waals surface area contributed by atoms with Gasteiger partial charge in [-0.2, -0.15) is 0 Å². The third kappa shape index (κ3) is 31.6. The van der Waals surface area contributed by atoms with Crippen LogP contribution in [0.2, 0.25) is 0 Å². The van der Waals surface area contributed by atoms with E-state index in [0.29, 0.717) is 105 Å². The lowest BCUT2D eigenvalue weighted by atomic mass is 10.1. The molecule has 206 valence electrons. The van der Waals surface area contributed by atoms with E-state index in [0.717, 1.165) is 19.6 Å². The molecule has 34 heavy (non-hydrogen) atoms. The third-order valence-corrected chi connectivity index (χ3v) is 4.35. The Hall–Kier alpha value is -0.360. The lowest BCUT2D eigenvalue weighted by Crippen LogP contribution is -2.38. The minimum Gasteiger partial charge on any atom is -0.379 e. The maximum atomic E-state index is 5.50. The van der Waals surface area contributed by atoms with Crippen LogP contribution in [0, 0.1) is 5.92 Å². The van der Waals surface area contributed by atoms with E-state index in [4.69, 9.17) is 37.9 Å². The van der Waals surface area contributed by atoms with Crippen molar-refractivity contribution in [1.29, 1.82) is 0 Å². The van der Waals surface area contributed by atoms with Crippen LogP contribution in [-0.4, -0.2) is 118 Å². The molecule has 0 aromatic carbocycles. The highest BCUT2D eigenvalue weighted by Gasteiger charge is 2.06. The summed E-state index contributed by atoms with van der Waals surface area (Å²) in [6.07, 6.45) is 1.09. The van der Waals surface area contributed by atoms with Crippen LogP contribution in [0.5, 0.6) is 0 Å². The van der Waals surface area contributed by atoms with Crippen molar-refractivity contribution in [2.45, 2.75) is 46.6 Å². The van der Waals surface area contributed by atoms with Crippen molar-refractivity contribution >= 4 is 0 Å². The number of ether oxygens (including phenoxy) is 8. The predicted octanol–water partition coefficient (Wildman–Crippen LogP) is 2.55. The zero-order valence-electron chi connectivity index (χ0n) is 22.6. The second kappa shape index (κ2) is 25.7. The van der Waals surface area contributed by atoms with Gasteiger partial charge in [-0.05, 0) is 33.1 Å². The highest BCUT2D eigenvalue weighted by molar-refractivity contribution is 4.69. The molecule has 0 radical (unpaired) electrons. The van der Waals surface area contributed by atoms with Crippen molar-refractivity contribution in [1.82, 2.24) is 5.32 Å². The fourth-order valence-corrected chi connectivity index (χ4v) is 2.46. The highest BCUT2D eigenvalue weighted by Crippen LogP contribution is 1.98. The summed E-state index contributed by atoms with van der Waals surface area (Å²) in [7, 11) is 0. The van der Waals surface area contributed by atoms with Crippen LogP contribution in [-0.2, 0) is 37.9 Å². The SMILES string of the molecule is CC(C)CCOCCOCCOCCOCCOCCOCCOCCOCCNC(C)(C)C.